The molecule has 4 atom stereocenters. The number of rotatable bonds is 9. The third kappa shape index (κ3) is 4.40. The van der Waals surface area contributed by atoms with Crippen LogP contribution in [0.3, 0.4) is 0 Å². The number of nitriles is 1. The van der Waals surface area contributed by atoms with E-state index in [0.717, 1.165) is 24.9 Å². The van der Waals surface area contributed by atoms with E-state index in [4.69, 9.17) is 14.9 Å². The first kappa shape index (κ1) is 23.5. The van der Waals surface area contributed by atoms with Crippen molar-refractivity contribution < 1.29 is 14.3 Å². The highest BCUT2D eigenvalue weighted by Gasteiger charge is 2.54. The van der Waals surface area contributed by atoms with Crippen LogP contribution in [0.2, 0.25) is 17.1 Å². The number of aliphatic hydroxyl groups excluding tert-OH is 1. The van der Waals surface area contributed by atoms with Gasteiger partial charge < -0.3 is 20.0 Å². The van der Waals surface area contributed by atoms with E-state index >= 15 is 0 Å². The third-order valence-electron chi connectivity index (χ3n) is 6.41. The molecule has 0 amide bonds. The van der Waals surface area contributed by atoms with Crippen LogP contribution in [-0.2, 0) is 9.16 Å². The van der Waals surface area contributed by atoms with Gasteiger partial charge in [0, 0.05) is 6.20 Å². The molecule has 0 aromatic carbocycles. The molecule has 29 heavy (non-hydrogen) atoms. The van der Waals surface area contributed by atoms with E-state index in [9.17, 15) is 15.2 Å². The molecule has 1 aliphatic rings. The van der Waals surface area contributed by atoms with E-state index in [1.165, 1.54) is 16.8 Å². The largest absolute Gasteiger partial charge is 0.409 e. The first-order valence-corrected chi connectivity index (χ1v) is 12.7. The minimum atomic E-state index is -2.29. The summed E-state index contributed by atoms with van der Waals surface area (Å²) in [5, 5.41) is 19.9. The molecule has 3 N–H and O–H groups in total. The number of aromatic nitrogens is 2. The average Bonchev–Trinajstić information content (AvgIpc) is 3.02. The first-order valence-electron chi connectivity index (χ1n) is 10.4. The molecule has 0 unspecified atom stereocenters. The van der Waals surface area contributed by atoms with E-state index < -0.39 is 38.4 Å². The average molecular weight is 423 g/mol. The van der Waals surface area contributed by atoms with Crippen LogP contribution in [0.4, 0.5) is 5.82 Å². The number of anilines is 1. The molecule has 0 radical (unpaired) electrons. The lowest BCUT2D eigenvalue weighted by Crippen LogP contribution is -2.52. The maximum atomic E-state index is 12.3. The Balaban J connectivity index is 2.44. The molecule has 2 rings (SSSR count). The van der Waals surface area contributed by atoms with Crippen molar-refractivity contribution in [1.82, 2.24) is 9.55 Å². The van der Waals surface area contributed by atoms with Gasteiger partial charge in [-0.1, -0.05) is 41.0 Å². The fraction of sp³-hybridized carbons (Fsp3) is 0.750. The fourth-order valence-corrected chi connectivity index (χ4v) is 9.26. The fourth-order valence-electron chi connectivity index (χ4n) is 4.67. The molecule has 1 aromatic heterocycles. The monoisotopic (exact) mass is 422 g/mol. The van der Waals surface area contributed by atoms with Crippen molar-refractivity contribution in [3.8, 4) is 6.07 Å². The van der Waals surface area contributed by atoms with Crippen LogP contribution in [0.15, 0.2) is 17.1 Å². The van der Waals surface area contributed by atoms with Crippen molar-refractivity contribution in [3.63, 3.8) is 0 Å². The lowest BCUT2D eigenvalue weighted by molar-refractivity contribution is -0.0455. The Labute approximate surface area is 173 Å². The summed E-state index contributed by atoms with van der Waals surface area (Å²) in [7, 11) is -2.29. The first-order chi connectivity index (χ1) is 13.7. The van der Waals surface area contributed by atoms with E-state index in [2.05, 4.69) is 45.7 Å². The minimum absolute atomic E-state index is 0.00292. The molecule has 1 saturated heterocycles. The zero-order valence-electron chi connectivity index (χ0n) is 18.1. The van der Waals surface area contributed by atoms with Gasteiger partial charge in [0.05, 0.1) is 18.8 Å². The van der Waals surface area contributed by atoms with Crippen molar-refractivity contribution in [2.45, 2.75) is 83.0 Å². The molecule has 9 heteroatoms. The van der Waals surface area contributed by atoms with Gasteiger partial charge in [0.1, 0.15) is 17.8 Å². The SMILES string of the molecule is CCCC(C)(C)[Si](CC)(CC)O[C@H]1[C@H](C#N)[C@H](n2ccc(N)nc2=O)O[C@@H]1CO. The van der Waals surface area contributed by atoms with Crippen LogP contribution in [0.25, 0.3) is 0 Å². The number of nitrogens with two attached hydrogens (primary N) is 1. The van der Waals surface area contributed by atoms with Crippen molar-refractivity contribution in [3.05, 3.63) is 22.7 Å². The van der Waals surface area contributed by atoms with Crippen molar-refractivity contribution >= 4 is 14.1 Å². The Hall–Kier alpha value is -1.73. The maximum absolute atomic E-state index is 12.3. The van der Waals surface area contributed by atoms with Crippen LogP contribution in [0.1, 0.15) is 53.7 Å². The van der Waals surface area contributed by atoms with Gasteiger partial charge in [-0.15, -0.1) is 0 Å². The Morgan fingerprint density at radius 3 is 2.55 bits per heavy atom. The Kier molecular flexibility index (Phi) is 7.62. The third-order valence-corrected chi connectivity index (χ3v) is 12.1. The van der Waals surface area contributed by atoms with Crippen LogP contribution in [0, 0.1) is 17.2 Å². The maximum Gasteiger partial charge on any atom is 0.351 e. The second-order valence-corrected chi connectivity index (χ2v) is 13.4. The summed E-state index contributed by atoms with van der Waals surface area (Å²) in [6.45, 7) is 10.6. The number of ether oxygens (including phenoxy) is 1. The van der Waals surface area contributed by atoms with E-state index in [0.29, 0.717) is 0 Å². The van der Waals surface area contributed by atoms with E-state index in [-0.39, 0.29) is 17.5 Å². The minimum Gasteiger partial charge on any atom is -0.409 e. The standard InChI is InChI=1S/C20H34N4O4Si/c1-6-10-20(4,5)29(7-2,8-3)28-17-14(12-21)18(27-15(17)13-25)24-11-9-16(22)23-19(24)26/h9,11,14-15,17-18,25H,6-8,10,13H2,1-5H3,(H2,22,23,26)/t14-,15+,17-,18+/m0/s1. The van der Waals surface area contributed by atoms with Gasteiger partial charge in [0.2, 0.25) is 0 Å². The molecule has 0 bridgehead atoms. The molecule has 8 nitrogen and oxygen atoms in total. The van der Waals surface area contributed by atoms with E-state index in [1.807, 2.05) is 0 Å². The Morgan fingerprint density at radius 1 is 1.41 bits per heavy atom. The van der Waals surface area contributed by atoms with Gasteiger partial charge in [0.25, 0.3) is 0 Å². The summed E-state index contributed by atoms with van der Waals surface area (Å²) in [4.78, 5) is 16.1. The number of aliphatic hydroxyl groups is 1. The summed E-state index contributed by atoms with van der Waals surface area (Å²) in [5.41, 5.74) is 4.99. The summed E-state index contributed by atoms with van der Waals surface area (Å²) in [6, 6.07) is 5.55. The van der Waals surface area contributed by atoms with Crippen LogP contribution in [0.5, 0.6) is 0 Å². The summed E-state index contributed by atoms with van der Waals surface area (Å²) in [5.74, 6) is -0.633. The second kappa shape index (κ2) is 9.39. The number of hydrogen-bond acceptors (Lipinski definition) is 7. The molecule has 0 spiro atoms. The van der Waals surface area contributed by atoms with Gasteiger partial charge in [-0.3, -0.25) is 4.57 Å². The van der Waals surface area contributed by atoms with Gasteiger partial charge in [-0.2, -0.15) is 10.2 Å². The highest BCUT2D eigenvalue weighted by molar-refractivity contribution is 6.76. The van der Waals surface area contributed by atoms with Crippen LogP contribution in [-0.4, -0.2) is 41.8 Å². The lowest BCUT2D eigenvalue weighted by atomic mass is 10.0. The van der Waals surface area contributed by atoms with Gasteiger partial charge in [0.15, 0.2) is 14.5 Å². The smallest absolute Gasteiger partial charge is 0.351 e. The van der Waals surface area contributed by atoms with Gasteiger partial charge in [-0.25, -0.2) is 4.79 Å². The summed E-state index contributed by atoms with van der Waals surface area (Å²) < 4.78 is 14.0. The zero-order valence-corrected chi connectivity index (χ0v) is 19.1. The Bertz CT molecular complexity index is 787. The number of hydrogen-bond donors (Lipinski definition) is 2. The number of nitrogens with zero attached hydrogens (tertiary/aromatic N) is 3. The second-order valence-electron chi connectivity index (χ2n) is 8.36. The molecule has 162 valence electrons. The molecule has 1 aromatic rings. The molecule has 2 heterocycles. The van der Waals surface area contributed by atoms with E-state index in [1.54, 1.807) is 0 Å². The van der Waals surface area contributed by atoms with Crippen molar-refractivity contribution in [2.24, 2.45) is 5.92 Å². The molecule has 1 aliphatic heterocycles. The van der Waals surface area contributed by atoms with Crippen molar-refractivity contribution in [2.75, 3.05) is 12.3 Å². The predicted octanol–water partition coefficient (Wildman–Crippen LogP) is 2.81. The molecule has 0 saturated carbocycles. The van der Waals surface area contributed by atoms with Crippen molar-refractivity contribution in [1.29, 1.82) is 5.26 Å². The van der Waals surface area contributed by atoms with Gasteiger partial charge in [-0.05, 0) is 29.6 Å². The van der Waals surface area contributed by atoms with Gasteiger partial charge >= 0.3 is 5.69 Å². The predicted molar refractivity (Wildman–Crippen MR) is 114 cm³/mol. The summed E-state index contributed by atoms with van der Waals surface area (Å²) in [6.07, 6.45) is 1.38. The highest BCUT2D eigenvalue weighted by Crippen LogP contribution is 2.49. The quantitative estimate of drug-likeness (QED) is 0.586. The number of nitrogen functional groups attached to an aromatic ring is 1. The van der Waals surface area contributed by atoms with Crippen LogP contribution < -0.4 is 11.4 Å². The summed E-state index contributed by atoms with van der Waals surface area (Å²) >= 11 is 0. The highest BCUT2D eigenvalue weighted by atomic mass is 28.4. The molecule has 0 aliphatic carbocycles. The molecular formula is C20H34N4O4Si. The zero-order chi connectivity index (χ0) is 21.8. The topological polar surface area (TPSA) is 123 Å². The van der Waals surface area contributed by atoms with Crippen LogP contribution >= 0.6 is 0 Å². The lowest BCUT2D eigenvalue weighted by Gasteiger charge is -2.46. The normalized spacial score (nSPS) is 25.1. The molecule has 1 fully saturated rings. The Morgan fingerprint density at radius 2 is 2.07 bits per heavy atom. The molecular weight excluding hydrogens is 388 g/mol.